The first-order valence-electron chi connectivity index (χ1n) is 7.37. The second-order valence-corrected chi connectivity index (χ2v) is 5.90. The number of benzene rings is 2. The molecule has 24 heavy (non-hydrogen) atoms. The molecule has 6 heteroatoms. The number of hydrogen-bond donors (Lipinski definition) is 1. The summed E-state index contributed by atoms with van der Waals surface area (Å²) < 4.78 is 38.8. The van der Waals surface area contributed by atoms with Crippen LogP contribution in [0.15, 0.2) is 36.4 Å². The van der Waals surface area contributed by atoms with Crippen LogP contribution in [0.2, 0.25) is 0 Å². The Kier molecular flexibility index (Phi) is 4.87. The van der Waals surface area contributed by atoms with E-state index in [9.17, 15) is 18.0 Å². The van der Waals surface area contributed by atoms with Crippen molar-refractivity contribution >= 4 is 17.3 Å². The fourth-order valence-corrected chi connectivity index (χ4v) is 2.46. The zero-order valence-electron chi connectivity index (χ0n) is 14.0. The molecule has 0 bridgehead atoms. The van der Waals surface area contributed by atoms with Gasteiger partial charge < -0.3 is 10.2 Å². The Hall–Kier alpha value is -2.50. The van der Waals surface area contributed by atoms with Crippen LogP contribution >= 0.6 is 0 Å². The Morgan fingerprint density at radius 3 is 2.25 bits per heavy atom. The molecule has 0 aromatic heterocycles. The quantitative estimate of drug-likeness (QED) is 0.885. The van der Waals surface area contributed by atoms with E-state index in [1.807, 2.05) is 13.0 Å². The van der Waals surface area contributed by atoms with Gasteiger partial charge in [-0.2, -0.15) is 13.2 Å². The number of nitrogens with zero attached hydrogens (tertiary/aromatic N) is 1. The van der Waals surface area contributed by atoms with Gasteiger partial charge in [0.05, 0.1) is 16.9 Å². The maximum absolute atomic E-state index is 12.9. The SMILES string of the molecule is Cc1ccc(C(=O)Nc2cc(C(F)(F)F)ccc2N(C)C)c(C)c1. The van der Waals surface area contributed by atoms with E-state index in [1.165, 1.54) is 6.07 Å². The first-order valence-corrected chi connectivity index (χ1v) is 7.37. The van der Waals surface area contributed by atoms with Gasteiger partial charge in [-0.25, -0.2) is 0 Å². The largest absolute Gasteiger partial charge is 0.416 e. The number of rotatable bonds is 3. The molecule has 0 atom stereocenters. The van der Waals surface area contributed by atoms with Gasteiger partial charge in [0.25, 0.3) is 5.91 Å². The summed E-state index contributed by atoms with van der Waals surface area (Å²) in [5.74, 6) is -0.435. The van der Waals surface area contributed by atoms with E-state index in [4.69, 9.17) is 0 Å². The fourth-order valence-electron chi connectivity index (χ4n) is 2.46. The van der Waals surface area contributed by atoms with Gasteiger partial charge in [-0.15, -0.1) is 0 Å². The van der Waals surface area contributed by atoms with Crippen molar-refractivity contribution in [1.29, 1.82) is 0 Å². The molecule has 0 aliphatic carbocycles. The van der Waals surface area contributed by atoms with Crippen LogP contribution in [0.5, 0.6) is 0 Å². The van der Waals surface area contributed by atoms with Gasteiger partial charge in [0.15, 0.2) is 0 Å². The zero-order chi connectivity index (χ0) is 18.1. The Bertz CT molecular complexity index is 767. The molecule has 3 nitrogen and oxygen atoms in total. The maximum atomic E-state index is 12.9. The highest BCUT2D eigenvalue weighted by Gasteiger charge is 2.31. The fraction of sp³-hybridized carbons (Fsp3) is 0.278. The van der Waals surface area contributed by atoms with Gasteiger partial charge >= 0.3 is 6.18 Å². The van der Waals surface area contributed by atoms with Crippen LogP contribution in [0.3, 0.4) is 0 Å². The second-order valence-electron chi connectivity index (χ2n) is 5.90. The molecule has 2 aromatic rings. The third-order valence-corrected chi connectivity index (χ3v) is 3.68. The molecule has 0 aliphatic heterocycles. The standard InChI is InChI=1S/C18H19F3N2O/c1-11-5-7-14(12(2)9-11)17(24)22-15-10-13(18(19,20)21)6-8-16(15)23(3)4/h5-10H,1-4H3,(H,22,24). The highest BCUT2D eigenvalue weighted by molar-refractivity contribution is 6.07. The predicted molar refractivity (Wildman–Crippen MR) is 89.6 cm³/mol. The van der Waals surface area contributed by atoms with Crippen molar-refractivity contribution in [3.8, 4) is 0 Å². The minimum atomic E-state index is -4.47. The van der Waals surface area contributed by atoms with E-state index in [2.05, 4.69) is 5.32 Å². The number of aryl methyl sites for hydroxylation is 2. The molecule has 2 aromatic carbocycles. The van der Waals surface area contributed by atoms with Crippen molar-refractivity contribution in [3.05, 3.63) is 58.7 Å². The molecule has 128 valence electrons. The number of carbonyl (C=O) groups is 1. The summed E-state index contributed by atoms with van der Waals surface area (Å²) in [5.41, 5.74) is 2.04. The van der Waals surface area contributed by atoms with Gasteiger partial charge in [-0.3, -0.25) is 4.79 Å². The third-order valence-electron chi connectivity index (χ3n) is 3.68. The van der Waals surface area contributed by atoms with Crippen LogP contribution < -0.4 is 10.2 Å². The summed E-state index contributed by atoms with van der Waals surface area (Å²) in [7, 11) is 3.41. The lowest BCUT2D eigenvalue weighted by molar-refractivity contribution is -0.137. The summed E-state index contributed by atoms with van der Waals surface area (Å²) in [4.78, 5) is 14.1. The number of nitrogens with one attached hydrogen (secondary N) is 1. The minimum absolute atomic E-state index is 0.125. The van der Waals surface area contributed by atoms with Crippen molar-refractivity contribution in [3.63, 3.8) is 0 Å². The monoisotopic (exact) mass is 336 g/mol. The molecule has 0 aliphatic rings. The second kappa shape index (κ2) is 6.55. The highest BCUT2D eigenvalue weighted by atomic mass is 19.4. The van der Waals surface area contributed by atoms with Gasteiger partial charge in [0, 0.05) is 19.7 Å². The molecule has 0 saturated carbocycles. The topological polar surface area (TPSA) is 32.3 Å². The number of anilines is 2. The Balaban J connectivity index is 2.41. The average Bonchev–Trinajstić information content (AvgIpc) is 2.45. The smallest absolute Gasteiger partial charge is 0.376 e. The van der Waals surface area contributed by atoms with Crippen molar-refractivity contribution in [2.75, 3.05) is 24.3 Å². The zero-order valence-corrected chi connectivity index (χ0v) is 14.0. The molecule has 2 rings (SSSR count). The Labute approximate surface area is 139 Å². The molecule has 1 amide bonds. The molecule has 0 saturated heterocycles. The van der Waals surface area contributed by atoms with Gasteiger partial charge in [-0.05, 0) is 43.7 Å². The van der Waals surface area contributed by atoms with Crippen molar-refractivity contribution in [2.24, 2.45) is 0 Å². The minimum Gasteiger partial charge on any atom is -0.376 e. The predicted octanol–water partition coefficient (Wildman–Crippen LogP) is 4.64. The molecule has 0 spiro atoms. The van der Waals surface area contributed by atoms with Crippen LogP contribution in [-0.4, -0.2) is 20.0 Å². The van der Waals surface area contributed by atoms with Gasteiger partial charge in [-0.1, -0.05) is 17.7 Å². The number of amides is 1. The van der Waals surface area contributed by atoms with Crippen LogP contribution in [0.1, 0.15) is 27.0 Å². The molecule has 0 fully saturated rings. The first kappa shape index (κ1) is 17.8. The first-order chi connectivity index (χ1) is 11.1. The number of carbonyl (C=O) groups excluding carboxylic acids is 1. The number of halogens is 3. The van der Waals surface area contributed by atoms with Crippen LogP contribution in [-0.2, 0) is 6.18 Å². The normalized spacial score (nSPS) is 11.3. The Morgan fingerprint density at radius 2 is 1.71 bits per heavy atom. The van der Waals surface area contributed by atoms with Crippen molar-refractivity contribution < 1.29 is 18.0 Å². The summed E-state index contributed by atoms with van der Waals surface area (Å²) in [5, 5.41) is 2.60. The Morgan fingerprint density at radius 1 is 1.04 bits per heavy atom. The van der Waals surface area contributed by atoms with Crippen molar-refractivity contribution in [1.82, 2.24) is 0 Å². The molecular formula is C18H19F3N2O. The van der Waals surface area contributed by atoms with Crippen LogP contribution in [0.4, 0.5) is 24.5 Å². The lowest BCUT2D eigenvalue weighted by Gasteiger charge is -2.20. The lowest BCUT2D eigenvalue weighted by atomic mass is 10.0. The molecule has 0 radical (unpaired) electrons. The number of hydrogen-bond acceptors (Lipinski definition) is 2. The van der Waals surface area contributed by atoms with E-state index in [-0.39, 0.29) is 5.69 Å². The molecule has 0 unspecified atom stereocenters. The maximum Gasteiger partial charge on any atom is 0.416 e. The summed E-state index contributed by atoms with van der Waals surface area (Å²) in [6.45, 7) is 3.70. The molecular weight excluding hydrogens is 317 g/mol. The van der Waals surface area contributed by atoms with E-state index in [0.29, 0.717) is 11.3 Å². The van der Waals surface area contributed by atoms with Gasteiger partial charge in [0.1, 0.15) is 0 Å². The third kappa shape index (κ3) is 3.88. The molecule has 0 heterocycles. The summed E-state index contributed by atoms with van der Waals surface area (Å²) in [6.07, 6.45) is -4.47. The lowest BCUT2D eigenvalue weighted by Crippen LogP contribution is -2.18. The summed E-state index contributed by atoms with van der Waals surface area (Å²) >= 11 is 0. The van der Waals surface area contributed by atoms with Crippen LogP contribution in [0.25, 0.3) is 0 Å². The summed E-state index contributed by atoms with van der Waals surface area (Å²) in [6, 6.07) is 8.62. The molecule has 1 N–H and O–H groups in total. The highest BCUT2D eigenvalue weighted by Crippen LogP contribution is 2.35. The van der Waals surface area contributed by atoms with E-state index in [1.54, 1.807) is 38.1 Å². The van der Waals surface area contributed by atoms with Crippen LogP contribution in [0, 0.1) is 13.8 Å². The van der Waals surface area contributed by atoms with Crippen molar-refractivity contribution in [2.45, 2.75) is 20.0 Å². The van der Waals surface area contributed by atoms with E-state index < -0.39 is 17.6 Å². The van der Waals surface area contributed by atoms with E-state index >= 15 is 0 Å². The van der Waals surface area contributed by atoms with Gasteiger partial charge in [0.2, 0.25) is 0 Å². The van der Waals surface area contributed by atoms with E-state index in [0.717, 1.165) is 23.3 Å². The number of alkyl halides is 3. The average molecular weight is 336 g/mol.